The Kier molecular flexibility index (Phi) is 6.28. The number of hydrogen-bond acceptors (Lipinski definition) is 6. The molecule has 3 aromatic rings. The molecule has 0 N–H and O–H groups in total. The Hall–Kier alpha value is -3.11. The van der Waals surface area contributed by atoms with E-state index in [-0.39, 0.29) is 28.7 Å². The van der Waals surface area contributed by atoms with Gasteiger partial charge in [0.2, 0.25) is 0 Å². The van der Waals surface area contributed by atoms with Crippen LogP contribution in [0.3, 0.4) is 0 Å². The molecule has 3 rings (SSSR count). The molecular weight excluding hydrogens is 447 g/mol. The summed E-state index contributed by atoms with van der Waals surface area (Å²) in [6, 6.07) is 9.29. The van der Waals surface area contributed by atoms with Crippen LogP contribution in [0.25, 0.3) is 0 Å². The van der Waals surface area contributed by atoms with Gasteiger partial charge in [0.25, 0.3) is 5.69 Å². The van der Waals surface area contributed by atoms with Crippen LogP contribution in [0.1, 0.15) is 20.8 Å². The lowest BCUT2D eigenvalue weighted by Crippen LogP contribution is -2.08. The minimum absolute atomic E-state index is 0.0367. The summed E-state index contributed by atoms with van der Waals surface area (Å²) < 4.78 is 48.8. The van der Waals surface area contributed by atoms with Crippen molar-refractivity contribution in [1.82, 2.24) is 0 Å². The van der Waals surface area contributed by atoms with Crippen LogP contribution < -0.4 is 4.74 Å². The predicted octanol–water partition coefficient (Wildman–Crippen LogP) is 6.48. The lowest BCUT2D eigenvalue weighted by Gasteiger charge is -2.12. The van der Waals surface area contributed by atoms with Gasteiger partial charge in [-0.2, -0.15) is 13.2 Å². The summed E-state index contributed by atoms with van der Waals surface area (Å²) in [5.74, 6) is -1.10. The van der Waals surface area contributed by atoms with Crippen LogP contribution in [0.15, 0.2) is 53.9 Å². The lowest BCUT2D eigenvalue weighted by molar-refractivity contribution is -0.385. The van der Waals surface area contributed by atoms with E-state index in [0.29, 0.717) is 6.07 Å². The van der Waals surface area contributed by atoms with E-state index in [0.717, 1.165) is 29.1 Å². The first kappa shape index (κ1) is 21.6. The molecule has 6 nitrogen and oxygen atoms in total. The molecule has 0 saturated heterocycles. The molecule has 11 heteroatoms. The Bertz CT molecular complexity index is 1090. The van der Waals surface area contributed by atoms with Crippen molar-refractivity contribution in [2.75, 3.05) is 0 Å². The van der Waals surface area contributed by atoms with Crippen molar-refractivity contribution < 1.29 is 32.4 Å². The van der Waals surface area contributed by atoms with E-state index >= 15 is 0 Å². The summed E-state index contributed by atoms with van der Waals surface area (Å²) in [7, 11) is 0. The molecule has 0 bridgehead atoms. The highest BCUT2D eigenvalue weighted by molar-refractivity contribution is 7.09. The predicted molar refractivity (Wildman–Crippen MR) is 103 cm³/mol. The number of halogens is 4. The Morgan fingerprint density at radius 2 is 1.93 bits per heavy atom. The Morgan fingerprint density at radius 1 is 1.17 bits per heavy atom. The highest BCUT2D eigenvalue weighted by Gasteiger charge is 2.31. The van der Waals surface area contributed by atoms with E-state index in [2.05, 4.69) is 0 Å². The van der Waals surface area contributed by atoms with Crippen molar-refractivity contribution >= 4 is 34.6 Å². The molecule has 0 fully saturated rings. The molecule has 30 heavy (non-hydrogen) atoms. The molecule has 0 saturated carbocycles. The van der Waals surface area contributed by atoms with Crippen molar-refractivity contribution in [3.05, 3.63) is 85.1 Å². The van der Waals surface area contributed by atoms with E-state index < -0.39 is 28.3 Å². The monoisotopic (exact) mass is 457 g/mol. The topological polar surface area (TPSA) is 78.7 Å². The first-order chi connectivity index (χ1) is 14.1. The average Bonchev–Trinajstić information content (AvgIpc) is 3.20. The van der Waals surface area contributed by atoms with E-state index in [1.54, 1.807) is 17.5 Å². The number of ether oxygens (including phenoxy) is 2. The standard InChI is InChI=1S/C19H11ClF3NO5S/c20-15-8-11(19(21,22)23)3-6-17(15)29-12-4-5-16(24(26)27)14(9-12)18(25)28-10-13-2-1-7-30-13/h1-9H,10H2. The van der Waals surface area contributed by atoms with Gasteiger partial charge in [-0.1, -0.05) is 17.7 Å². The number of nitro groups is 1. The van der Waals surface area contributed by atoms with Crippen molar-refractivity contribution in [2.45, 2.75) is 12.8 Å². The fourth-order valence-corrected chi connectivity index (χ4v) is 3.23. The molecule has 0 unspecified atom stereocenters. The third kappa shape index (κ3) is 5.08. The van der Waals surface area contributed by atoms with Crippen molar-refractivity contribution in [2.24, 2.45) is 0 Å². The quantitative estimate of drug-likeness (QED) is 0.240. The number of alkyl halides is 3. The normalized spacial score (nSPS) is 11.2. The van der Waals surface area contributed by atoms with E-state index in [9.17, 15) is 28.1 Å². The van der Waals surface area contributed by atoms with Gasteiger partial charge >= 0.3 is 12.1 Å². The number of carbonyl (C=O) groups is 1. The zero-order chi connectivity index (χ0) is 21.9. The Morgan fingerprint density at radius 3 is 2.53 bits per heavy atom. The minimum Gasteiger partial charge on any atom is -0.456 e. The van der Waals surface area contributed by atoms with Gasteiger partial charge in [-0.05, 0) is 35.7 Å². The summed E-state index contributed by atoms with van der Waals surface area (Å²) in [5.41, 5.74) is -1.82. The molecular formula is C19H11ClF3NO5S. The third-order valence-corrected chi connectivity index (χ3v) is 4.94. The average molecular weight is 458 g/mol. The number of carbonyl (C=O) groups excluding carboxylic acids is 1. The SMILES string of the molecule is O=C(OCc1cccs1)c1cc(Oc2ccc(C(F)(F)F)cc2Cl)ccc1[N+](=O)[O-]. The summed E-state index contributed by atoms with van der Waals surface area (Å²) in [4.78, 5) is 23.6. The maximum Gasteiger partial charge on any atom is 0.416 e. The maximum absolute atomic E-state index is 12.7. The van der Waals surface area contributed by atoms with Crippen molar-refractivity contribution in [3.8, 4) is 11.5 Å². The van der Waals surface area contributed by atoms with Gasteiger partial charge in [0.1, 0.15) is 23.7 Å². The number of benzene rings is 2. The molecule has 0 aliphatic heterocycles. The second-order valence-corrected chi connectivity index (χ2v) is 7.28. The fourth-order valence-electron chi connectivity index (χ4n) is 2.40. The Labute approximate surface area is 176 Å². The molecule has 0 aliphatic carbocycles. The van der Waals surface area contributed by atoms with Crippen LogP contribution in [0, 0.1) is 10.1 Å². The first-order valence-electron chi connectivity index (χ1n) is 8.17. The van der Waals surface area contributed by atoms with Gasteiger partial charge in [-0.25, -0.2) is 4.79 Å². The second-order valence-electron chi connectivity index (χ2n) is 5.84. The van der Waals surface area contributed by atoms with Crippen LogP contribution >= 0.6 is 22.9 Å². The molecule has 0 aliphatic rings. The first-order valence-corrected chi connectivity index (χ1v) is 9.43. The van der Waals surface area contributed by atoms with Gasteiger partial charge in [-0.3, -0.25) is 10.1 Å². The van der Waals surface area contributed by atoms with Crippen LogP contribution in [0.2, 0.25) is 5.02 Å². The number of esters is 1. The number of thiophene rings is 1. The molecule has 0 radical (unpaired) electrons. The fraction of sp³-hybridized carbons (Fsp3) is 0.105. The number of nitrogens with zero attached hydrogens (tertiary/aromatic N) is 1. The molecule has 0 spiro atoms. The van der Waals surface area contributed by atoms with E-state index in [1.807, 2.05) is 0 Å². The van der Waals surface area contributed by atoms with Gasteiger partial charge in [0.05, 0.1) is 15.5 Å². The highest BCUT2D eigenvalue weighted by Crippen LogP contribution is 2.37. The summed E-state index contributed by atoms with van der Waals surface area (Å²) >= 11 is 7.20. The van der Waals surface area contributed by atoms with Crippen LogP contribution in [-0.4, -0.2) is 10.9 Å². The zero-order valence-corrected chi connectivity index (χ0v) is 16.4. The Balaban J connectivity index is 1.85. The summed E-state index contributed by atoms with van der Waals surface area (Å²) in [6.07, 6.45) is -4.57. The largest absolute Gasteiger partial charge is 0.456 e. The molecule has 2 aromatic carbocycles. The van der Waals surface area contributed by atoms with E-state index in [1.165, 1.54) is 17.4 Å². The second kappa shape index (κ2) is 8.72. The summed E-state index contributed by atoms with van der Waals surface area (Å²) in [5, 5.41) is 12.7. The maximum atomic E-state index is 12.7. The minimum atomic E-state index is -4.57. The van der Waals surface area contributed by atoms with Gasteiger partial charge in [0.15, 0.2) is 0 Å². The number of hydrogen-bond donors (Lipinski definition) is 0. The van der Waals surface area contributed by atoms with Crippen LogP contribution in [0.5, 0.6) is 11.5 Å². The van der Waals surface area contributed by atoms with Crippen molar-refractivity contribution in [1.29, 1.82) is 0 Å². The van der Waals surface area contributed by atoms with Gasteiger partial charge in [-0.15, -0.1) is 11.3 Å². The molecule has 0 atom stereocenters. The van der Waals surface area contributed by atoms with Crippen LogP contribution in [-0.2, 0) is 17.5 Å². The molecule has 0 amide bonds. The molecule has 1 aromatic heterocycles. The molecule has 1 heterocycles. The third-order valence-electron chi connectivity index (χ3n) is 3.80. The van der Waals surface area contributed by atoms with Crippen molar-refractivity contribution in [3.63, 3.8) is 0 Å². The number of nitro benzene ring substituents is 1. The van der Waals surface area contributed by atoms with Crippen LogP contribution in [0.4, 0.5) is 18.9 Å². The lowest BCUT2D eigenvalue weighted by atomic mass is 10.1. The molecule has 156 valence electrons. The highest BCUT2D eigenvalue weighted by atomic mass is 35.5. The summed E-state index contributed by atoms with van der Waals surface area (Å²) in [6.45, 7) is -0.0660. The smallest absolute Gasteiger partial charge is 0.416 e. The van der Waals surface area contributed by atoms with E-state index in [4.69, 9.17) is 21.1 Å². The van der Waals surface area contributed by atoms with Gasteiger partial charge < -0.3 is 9.47 Å². The van der Waals surface area contributed by atoms with Gasteiger partial charge in [0, 0.05) is 17.0 Å². The zero-order valence-electron chi connectivity index (χ0n) is 14.8. The number of rotatable bonds is 6.